The van der Waals surface area contributed by atoms with E-state index in [0.717, 1.165) is 12.2 Å². The van der Waals surface area contributed by atoms with Crippen LogP contribution in [0.3, 0.4) is 0 Å². The lowest BCUT2D eigenvalue weighted by atomic mass is 10.4. The molecule has 15 heavy (non-hydrogen) atoms. The van der Waals surface area contributed by atoms with Crippen LogP contribution in [0, 0.1) is 0 Å². The van der Waals surface area contributed by atoms with Crippen molar-refractivity contribution in [3.63, 3.8) is 0 Å². The third kappa shape index (κ3) is 24.6. The van der Waals surface area contributed by atoms with Crippen molar-refractivity contribution in [1.29, 1.82) is 0 Å². The van der Waals surface area contributed by atoms with Crippen LogP contribution in [0.1, 0.15) is 33.6 Å². The Hall–Kier alpha value is -1.02. The quantitative estimate of drug-likeness (QED) is 0.327. The molecule has 0 saturated heterocycles. The van der Waals surface area contributed by atoms with Gasteiger partial charge < -0.3 is 10.5 Å². The molecule has 2 nitrogen and oxygen atoms in total. The van der Waals surface area contributed by atoms with Crippen molar-refractivity contribution in [3.05, 3.63) is 37.6 Å². The van der Waals surface area contributed by atoms with Crippen LogP contribution in [0.25, 0.3) is 0 Å². The first-order valence-corrected chi connectivity index (χ1v) is 5.38. The minimum Gasteiger partial charge on any atom is -0.494 e. The minimum absolute atomic E-state index is 0.675. The standard InChI is InChI=1S/C8H15NO.C3H8.C2H4/c1-3-8(4-2)10-7-5-6-9;1-3-2;1-2/h3-4H,1,5-7,9H2,2H3;3H2,1-2H3;1-2H2/b8-4+;;. The van der Waals surface area contributed by atoms with Gasteiger partial charge in [0.2, 0.25) is 0 Å². The van der Waals surface area contributed by atoms with E-state index < -0.39 is 0 Å². The maximum absolute atomic E-state index is 5.27. The van der Waals surface area contributed by atoms with Crippen molar-refractivity contribution in [3.8, 4) is 0 Å². The molecule has 0 aliphatic heterocycles. The average molecular weight is 213 g/mol. The van der Waals surface area contributed by atoms with Crippen molar-refractivity contribution in [2.45, 2.75) is 33.6 Å². The highest BCUT2D eigenvalue weighted by molar-refractivity contribution is 5.06. The molecule has 90 valence electrons. The van der Waals surface area contributed by atoms with Crippen LogP contribution >= 0.6 is 0 Å². The van der Waals surface area contributed by atoms with Crippen molar-refractivity contribution >= 4 is 0 Å². The summed E-state index contributed by atoms with van der Waals surface area (Å²) in [6, 6.07) is 0. The van der Waals surface area contributed by atoms with Gasteiger partial charge in [-0.2, -0.15) is 0 Å². The predicted molar refractivity (Wildman–Crippen MR) is 70.8 cm³/mol. The summed E-state index contributed by atoms with van der Waals surface area (Å²) in [7, 11) is 0. The smallest absolute Gasteiger partial charge is 0.114 e. The van der Waals surface area contributed by atoms with Crippen LogP contribution in [0.2, 0.25) is 0 Å². The van der Waals surface area contributed by atoms with Gasteiger partial charge in [0.15, 0.2) is 0 Å². The second-order valence-corrected chi connectivity index (χ2v) is 2.59. The van der Waals surface area contributed by atoms with Gasteiger partial charge in [-0.25, -0.2) is 0 Å². The number of rotatable bonds is 5. The fourth-order valence-corrected chi connectivity index (χ4v) is 0.533. The zero-order valence-electron chi connectivity index (χ0n) is 10.6. The van der Waals surface area contributed by atoms with E-state index in [1.807, 2.05) is 13.0 Å². The molecule has 0 spiro atoms. The fourth-order valence-electron chi connectivity index (χ4n) is 0.533. The number of nitrogens with two attached hydrogens (primary N) is 1. The van der Waals surface area contributed by atoms with Crippen molar-refractivity contribution in [2.24, 2.45) is 5.73 Å². The molecule has 2 heteroatoms. The van der Waals surface area contributed by atoms with Crippen LogP contribution in [0.4, 0.5) is 0 Å². The molecule has 0 heterocycles. The second-order valence-electron chi connectivity index (χ2n) is 2.59. The topological polar surface area (TPSA) is 35.2 Å². The van der Waals surface area contributed by atoms with Crippen LogP contribution in [0.15, 0.2) is 37.6 Å². The third-order valence-corrected chi connectivity index (χ3v) is 1.10. The largest absolute Gasteiger partial charge is 0.494 e. The van der Waals surface area contributed by atoms with E-state index in [-0.39, 0.29) is 0 Å². The molecule has 0 aromatic carbocycles. The molecule has 0 aromatic rings. The molecular formula is C13H27NO. The van der Waals surface area contributed by atoms with Crippen LogP contribution in [0.5, 0.6) is 0 Å². The first kappa shape index (κ1) is 19.5. The van der Waals surface area contributed by atoms with Crippen LogP contribution < -0.4 is 5.73 Å². The third-order valence-electron chi connectivity index (χ3n) is 1.10. The lowest BCUT2D eigenvalue weighted by Gasteiger charge is -2.03. The molecule has 0 atom stereocenters. The summed E-state index contributed by atoms with van der Waals surface area (Å²) in [4.78, 5) is 0. The average Bonchev–Trinajstić information content (AvgIpc) is 2.28. The molecule has 0 aliphatic rings. The highest BCUT2D eigenvalue weighted by atomic mass is 16.5. The van der Waals surface area contributed by atoms with Crippen molar-refractivity contribution in [2.75, 3.05) is 13.2 Å². The zero-order valence-corrected chi connectivity index (χ0v) is 10.6. The molecule has 0 radical (unpaired) electrons. The Kier molecular flexibility index (Phi) is 30.1. The first-order chi connectivity index (χ1) is 7.26. The van der Waals surface area contributed by atoms with Crippen LogP contribution in [-0.2, 0) is 4.74 Å². The van der Waals surface area contributed by atoms with Gasteiger partial charge in [-0.15, -0.1) is 13.2 Å². The van der Waals surface area contributed by atoms with E-state index in [1.165, 1.54) is 6.42 Å². The number of ether oxygens (including phenoxy) is 1. The van der Waals surface area contributed by atoms with Crippen molar-refractivity contribution in [1.82, 2.24) is 0 Å². The van der Waals surface area contributed by atoms with Gasteiger partial charge in [-0.1, -0.05) is 26.8 Å². The maximum Gasteiger partial charge on any atom is 0.114 e. The van der Waals surface area contributed by atoms with Gasteiger partial charge in [0.25, 0.3) is 0 Å². The first-order valence-electron chi connectivity index (χ1n) is 5.38. The molecule has 0 amide bonds. The Labute approximate surface area is 95.5 Å². The SMILES string of the molecule is C=C.C=C/C(=C\C)OCCCN.CCC. The van der Waals surface area contributed by atoms with Gasteiger partial charge in [0.05, 0.1) is 6.61 Å². The second kappa shape index (κ2) is 23.1. The molecule has 2 N–H and O–H groups in total. The molecule has 0 saturated carbocycles. The summed E-state index contributed by atoms with van der Waals surface area (Å²) >= 11 is 0. The summed E-state index contributed by atoms with van der Waals surface area (Å²) in [5.41, 5.74) is 5.27. The molecule has 0 aromatic heterocycles. The molecule has 0 fully saturated rings. The number of allylic oxidation sites excluding steroid dienone is 2. The molecular weight excluding hydrogens is 186 g/mol. The Balaban J connectivity index is -0.000000245. The van der Waals surface area contributed by atoms with Crippen LogP contribution in [-0.4, -0.2) is 13.2 Å². The van der Waals surface area contributed by atoms with Crippen molar-refractivity contribution < 1.29 is 4.74 Å². The Bertz CT molecular complexity index is 141. The highest BCUT2D eigenvalue weighted by Crippen LogP contribution is 1.97. The molecule has 0 unspecified atom stereocenters. The fraction of sp³-hybridized carbons (Fsp3) is 0.538. The summed E-state index contributed by atoms with van der Waals surface area (Å²) in [6.45, 7) is 17.1. The van der Waals surface area contributed by atoms with Gasteiger partial charge in [-0.3, -0.25) is 0 Å². The van der Waals surface area contributed by atoms with E-state index in [9.17, 15) is 0 Å². The van der Waals surface area contributed by atoms with Gasteiger partial charge in [0, 0.05) is 0 Å². The zero-order chi connectivity index (χ0) is 12.5. The predicted octanol–water partition coefficient (Wildman–Crippen LogP) is 3.66. The summed E-state index contributed by atoms with van der Waals surface area (Å²) in [6.07, 6.45) is 5.71. The number of hydrogen-bond donors (Lipinski definition) is 1. The van der Waals surface area contributed by atoms with E-state index >= 15 is 0 Å². The minimum atomic E-state index is 0.675. The summed E-state index contributed by atoms with van der Waals surface area (Å²) in [5.74, 6) is 0.827. The van der Waals surface area contributed by atoms with Gasteiger partial charge in [-0.05, 0) is 32.0 Å². The Morgan fingerprint density at radius 3 is 2.07 bits per heavy atom. The summed E-state index contributed by atoms with van der Waals surface area (Å²) in [5, 5.41) is 0. The monoisotopic (exact) mass is 213 g/mol. The Morgan fingerprint density at radius 1 is 1.33 bits per heavy atom. The lowest BCUT2D eigenvalue weighted by Crippen LogP contribution is -2.03. The molecule has 0 bridgehead atoms. The highest BCUT2D eigenvalue weighted by Gasteiger charge is 1.87. The summed E-state index contributed by atoms with van der Waals surface area (Å²) < 4.78 is 5.24. The van der Waals surface area contributed by atoms with Gasteiger partial charge >= 0.3 is 0 Å². The van der Waals surface area contributed by atoms with E-state index in [1.54, 1.807) is 6.08 Å². The molecule has 0 rings (SSSR count). The normalized spacial score (nSPS) is 8.93. The van der Waals surface area contributed by atoms with Gasteiger partial charge in [0.1, 0.15) is 5.76 Å². The number of hydrogen-bond acceptors (Lipinski definition) is 2. The molecule has 0 aliphatic carbocycles. The maximum atomic E-state index is 5.27. The van der Waals surface area contributed by atoms with E-state index in [0.29, 0.717) is 13.2 Å². The lowest BCUT2D eigenvalue weighted by molar-refractivity contribution is 0.222. The Morgan fingerprint density at radius 2 is 1.80 bits per heavy atom. The van der Waals surface area contributed by atoms with E-state index in [4.69, 9.17) is 10.5 Å². The van der Waals surface area contributed by atoms with E-state index in [2.05, 4.69) is 33.6 Å².